The maximum absolute atomic E-state index is 9.74. The average Bonchev–Trinajstić information content (AvgIpc) is 2.85. The number of rotatable bonds is 2. The Kier molecular flexibility index (Phi) is 1.81. The lowest BCUT2D eigenvalue weighted by Gasteiger charge is -2.14. The van der Waals surface area contributed by atoms with Gasteiger partial charge in [-0.3, -0.25) is 0 Å². The van der Waals surface area contributed by atoms with Gasteiger partial charge in [0.15, 0.2) is 0 Å². The van der Waals surface area contributed by atoms with Crippen LogP contribution in [0.3, 0.4) is 0 Å². The Bertz CT molecular complexity index is 329. The van der Waals surface area contributed by atoms with Crippen LogP contribution in [-0.4, -0.2) is 11.7 Å². The first-order valence-corrected chi connectivity index (χ1v) is 4.68. The van der Waals surface area contributed by atoms with Crippen LogP contribution in [0.5, 0.6) is 5.75 Å². The molecule has 1 aromatic carbocycles. The number of phenolic OH excluding ortho intramolecular Hbond substituents is 1. The second kappa shape index (κ2) is 2.74. The van der Waals surface area contributed by atoms with Gasteiger partial charge in [-0.1, -0.05) is 12.1 Å². The summed E-state index contributed by atoms with van der Waals surface area (Å²) in [4.78, 5) is 0. The Morgan fingerprint density at radius 3 is 2.62 bits per heavy atom. The molecule has 0 atom stereocenters. The molecule has 2 rings (SSSR count). The highest BCUT2D eigenvalue weighted by molar-refractivity contribution is 5.44. The lowest BCUT2D eigenvalue weighted by molar-refractivity contribution is 0.458. The summed E-state index contributed by atoms with van der Waals surface area (Å²) >= 11 is 0. The number of aromatic hydroxyl groups is 1. The van der Waals surface area contributed by atoms with Gasteiger partial charge in [-0.15, -0.1) is 0 Å². The average molecular weight is 177 g/mol. The molecule has 0 saturated heterocycles. The van der Waals surface area contributed by atoms with Crippen molar-refractivity contribution in [2.45, 2.75) is 25.2 Å². The van der Waals surface area contributed by atoms with Gasteiger partial charge in [0, 0.05) is 17.5 Å². The van der Waals surface area contributed by atoms with Gasteiger partial charge in [-0.2, -0.15) is 0 Å². The van der Waals surface area contributed by atoms with E-state index in [1.807, 2.05) is 25.1 Å². The Labute approximate surface area is 78.4 Å². The second-order valence-electron chi connectivity index (χ2n) is 4.01. The van der Waals surface area contributed by atoms with Crippen molar-refractivity contribution >= 4 is 0 Å². The van der Waals surface area contributed by atoms with Gasteiger partial charge in [-0.25, -0.2) is 0 Å². The summed E-state index contributed by atoms with van der Waals surface area (Å²) in [5, 5.41) is 9.74. The maximum atomic E-state index is 9.74. The topological polar surface area (TPSA) is 46.2 Å². The van der Waals surface area contributed by atoms with E-state index in [-0.39, 0.29) is 5.41 Å². The SMILES string of the molecule is Cc1ccc(C2(CN)CC2)c(O)c1. The van der Waals surface area contributed by atoms with Gasteiger partial charge < -0.3 is 10.8 Å². The summed E-state index contributed by atoms with van der Waals surface area (Å²) in [6.45, 7) is 2.62. The van der Waals surface area contributed by atoms with Crippen molar-refractivity contribution in [3.63, 3.8) is 0 Å². The number of nitrogens with two attached hydrogens (primary N) is 1. The largest absolute Gasteiger partial charge is 0.508 e. The summed E-state index contributed by atoms with van der Waals surface area (Å²) in [5.74, 6) is 0.406. The Morgan fingerprint density at radius 1 is 1.46 bits per heavy atom. The first-order valence-electron chi connectivity index (χ1n) is 4.68. The van der Waals surface area contributed by atoms with Crippen LogP contribution in [0.4, 0.5) is 0 Å². The van der Waals surface area contributed by atoms with E-state index in [2.05, 4.69) is 0 Å². The highest BCUT2D eigenvalue weighted by Crippen LogP contribution is 2.50. The molecule has 0 bridgehead atoms. The minimum atomic E-state index is 0.0950. The van der Waals surface area contributed by atoms with E-state index in [0.29, 0.717) is 12.3 Å². The molecule has 0 heterocycles. The molecule has 1 aliphatic rings. The van der Waals surface area contributed by atoms with Gasteiger partial charge in [0.1, 0.15) is 5.75 Å². The van der Waals surface area contributed by atoms with Crippen molar-refractivity contribution in [2.24, 2.45) is 5.73 Å². The molecule has 13 heavy (non-hydrogen) atoms. The molecule has 1 aliphatic carbocycles. The lowest BCUT2D eigenvalue weighted by atomic mass is 9.94. The number of hydrogen-bond acceptors (Lipinski definition) is 2. The maximum Gasteiger partial charge on any atom is 0.119 e. The minimum Gasteiger partial charge on any atom is -0.508 e. The third kappa shape index (κ3) is 1.31. The number of hydrogen-bond donors (Lipinski definition) is 2. The molecule has 1 fully saturated rings. The molecule has 0 aromatic heterocycles. The van der Waals surface area contributed by atoms with Crippen LogP contribution in [0.15, 0.2) is 18.2 Å². The van der Waals surface area contributed by atoms with E-state index in [4.69, 9.17) is 5.73 Å². The number of aryl methyl sites for hydroxylation is 1. The van der Waals surface area contributed by atoms with Gasteiger partial charge in [-0.05, 0) is 31.4 Å². The summed E-state index contributed by atoms with van der Waals surface area (Å²) in [7, 11) is 0. The molecular weight excluding hydrogens is 162 g/mol. The van der Waals surface area contributed by atoms with E-state index in [1.165, 1.54) is 0 Å². The highest BCUT2D eigenvalue weighted by atomic mass is 16.3. The van der Waals surface area contributed by atoms with E-state index in [1.54, 1.807) is 0 Å². The van der Waals surface area contributed by atoms with Crippen molar-refractivity contribution in [1.29, 1.82) is 0 Å². The van der Waals surface area contributed by atoms with Crippen molar-refractivity contribution < 1.29 is 5.11 Å². The Balaban J connectivity index is 2.41. The molecule has 0 radical (unpaired) electrons. The van der Waals surface area contributed by atoms with Gasteiger partial charge in [0.25, 0.3) is 0 Å². The molecule has 70 valence electrons. The fourth-order valence-corrected chi connectivity index (χ4v) is 1.82. The Hall–Kier alpha value is -1.02. The van der Waals surface area contributed by atoms with Crippen LogP contribution in [0.25, 0.3) is 0 Å². The van der Waals surface area contributed by atoms with Crippen LogP contribution >= 0.6 is 0 Å². The molecule has 2 nitrogen and oxygen atoms in total. The smallest absolute Gasteiger partial charge is 0.119 e. The summed E-state index contributed by atoms with van der Waals surface area (Å²) in [6, 6.07) is 5.85. The first-order chi connectivity index (χ1) is 6.18. The summed E-state index contributed by atoms with van der Waals surface area (Å²) < 4.78 is 0. The minimum absolute atomic E-state index is 0.0950. The lowest BCUT2D eigenvalue weighted by Crippen LogP contribution is -2.19. The van der Waals surface area contributed by atoms with Gasteiger partial charge >= 0.3 is 0 Å². The number of phenols is 1. The predicted molar refractivity (Wildman–Crippen MR) is 52.8 cm³/mol. The quantitative estimate of drug-likeness (QED) is 0.722. The molecule has 0 unspecified atom stereocenters. The normalized spacial score (nSPS) is 18.6. The van der Waals surface area contributed by atoms with Gasteiger partial charge in [0.05, 0.1) is 0 Å². The third-order valence-corrected chi connectivity index (χ3v) is 2.97. The van der Waals surface area contributed by atoms with Crippen molar-refractivity contribution in [3.05, 3.63) is 29.3 Å². The zero-order chi connectivity index (χ0) is 9.47. The van der Waals surface area contributed by atoms with Crippen molar-refractivity contribution in [3.8, 4) is 5.75 Å². The zero-order valence-electron chi connectivity index (χ0n) is 7.88. The predicted octanol–water partition coefficient (Wildman–Crippen LogP) is 1.69. The van der Waals surface area contributed by atoms with E-state index >= 15 is 0 Å². The van der Waals surface area contributed by atoms with Crippen molar-refractivity contribution in [1.82, 2.24) is 0 Å². The third-order valence-electron chi connectivity index (χ3n) is 2.97. The fourth-order valence-electron chi connectivity index (χ4n) is 1.82. The van der Waals surface area contributed by atoms with E-state index in [0.717, 1.165) is 24.0 Å². The monoisotopic (exact) mass is 177 g/mol. The highest BCUT2D eigenvalue weighted by Gasteiger charge is 2.44. The molecule has 1 saturated carbocycles. The molecule has 0 amide bonds. The molecule has 2 heteroatoms. The molecular formula is C11H15NO. The molecule has 3 N–H and O–H groups in total. The zero-order valence-corrected chi connectivity index (χ0v) is 7.88. The van der Waals surface area contributed by atoms with Crippen LogP contribution in [0.1, 0.15) is 24.0 Å². The second-order valence-corrected chi connectivity index (χ2v) is 4.01. The van der Waals surface area contributed by atoms with Gasteiger partial charge in [0.2, 0.25) is 0 Å². The Morgan fingerprint density at radius 2 is 2.15 bits per heavy atom. The summed E-state index contributed by atoms with van der Waals surface area (Å²) in [6.07, 6.45) is 2.22. The van der Waals surface area contributed by atoms with Crippen LogP contribution in [0.2, 0.25) is 0 Å². The van der Waals surface area contributed by atoms with E-state index < -0.39 is 0 Å². The molecule has 0 spiro atoms. The molecule has 0 aliphatic heterocycles. The van der Waals surface area contributed by atoms with E-state index in [9.17, 15) is 5.11 Å². The fraction of sp³-hybridized carbons (Fsp3) is 0.455. The standard InChI is InChI=1S/C11H15NO/c1-8-2-3-9(10(13)6-8)11(7-12)4-5-11/h2-3,6,13H,4-5,7,12H2,1H3. The van der Waals surface area contributed by atoms with Crippen LogP contribution < -0.4 is 5.73 Å². The summed E-state index contributed by atoms with van der Waals surface area (Å²) in [5.41, 5.74) is 7.91. The first kappa shape index (κ1) is 8.57. The molecule has 1 aromatic rings. The van der Waals surface area contributed by atoms with Crippen LogP contribution in [0, 0.1) is 6.92 Å². The van der Waals surface area contributed by atoms with Crippen molar-refractivity contribution in [2.75, 3.05) is 6.54 Å². The van der Waals surface area contributed by atoms with Crippen LogP contribution in [-0.2, 0) is 5.41 Å². The number of benzene rings is 1.